The van der Waals surface area contributed by atoms with E-state index in [0.717, 1.165) is 20.8 Å². The van der Waals surface area contributed by atoms with Crippen LogP contribution in [0.5, 0.6) is 0 Å². The number of fused-ring (bicyclic) bond motifs is 1. The summed E-state index contributed by atoms with van der Waals surface area (Å²) in [6.45, 7) is 2.75. The molecule has 0 aliphatic rings. The van der Waals surface area contributed by atoms with Crippen molar-refractivity contribution in [1.82, 2.24) is 8.94 Å². The van der Waals surface area contributed by atoms with Crippen molar-refractivity contribution in [3.8, 4) is 22.0 Å². The number of aromatic nitrogens is 2. The molecule has 0 fully saturated rings. The fourth-order valence-electron chi connectivity index (χ4n) is 3.10. The molecule has 31 heavy (non-hydrogen) atoms. The number of benzene rings is 1. The molecule has 4 aromatic rings. The molecule has 0 saturated heterocycles. The predicted molar refractivity (Wildman–Crippen MR) is 122 cm³/mol. The summed E-state index contributed by atoms with van der Waals surface area (Å²) in [6.07, 6.45) is 0.956. The van der Waals surface area contributed by atoms with Gasteiger partial charge in [0.2, 0.25) is 0 Å². The second kappa shape index (κ2) is 9.08. The molecule has 4 rings (SSSR count). The van der Waals surface area contributed by atoms with Gasteiger partial charge in [-0.15, -0.1) is 11.3 Å². The van der Waals surface area contributed by atoms with E-state index >= 15 is 0 Å². The van der Waals surface area contributed by atoms with Gasteiger partial charge in [-0.25, -0.2) is 0 Å². The van der Waals surface area contributed by atoms with Crippen LogP contribution in [0.25, 0.3) is 32.3 Å². The lowest BCUT2D eigenvalue weighted by Crippen LogP contribution is -2.06. The average Bonchev–Trinajstić information content (AvgIpc) is 3.45. The van der Waals surface area contributed by atoms with Crippen molar-refractivity contribution in [2.45, 2.75) is 26.3 Å². The number of furan rings is 1. The van der Waals surface area contributed by atoms with Gasteiger partial charge in [0.15, 0.2) is 9.60 Å². The molecule has 0 N–H and O–H groups in total. The van der Waals surface area contributed by atoms with E-state index in [2.05, 4.69) is 4.37 Å². The van der Waals surface area contributed by atoms with Crippen molar-refractivity contribution in [3.63, 3.8) is 0 Å². The van der Waals surface area contributed by atoms with Gasteiger partial charge >= 0.3 is 5.97 Å². The summed E-state index contributed by atoms with van der Waals surface area (Å²) < 4.78 is 19.1. The molecule has 0 aliphatic heterocycles. The molecule has 0 saturated carbocycles. The first-order valence-electron chi connectivity index (χ1n) is 9.47. The third-order valence-corrected chi connectivity index (χ3v) is 7.00. The summed E-state index contributed by atoms with van der Waals surface area (Å²) in [4.78, 5) is 22.8. The summed E-state index contributed by atoms with van der Waals surface area (Å²) in [6, 6.07) is 9.91. The van der Waals surface area contributed by atoms with Crippen molar-refractivity contribution in [2.24, 2.45) is 0 Å². The van der Waals surface area contributed by atoms with Crippen LogP contribution in [0.3, 0.4) is 0 Å². The van der Waals surface area contributed by atoms with Crippen LogP contribution < -0.4 is 0 Å². The Labute approximate surface area is 190 Å². The highest BCUT2D eigenvalue weighted by Gasteiger charge is 2.18. The Bertz CT molecular complexity index is 1300. The number of nitro benzene ring substituents is 1. The highest BCUT2D eigenvalue weighted by atomic mass is 32.1. The predicted octanol–water partition coefficient (Wildman–Crippen LogP) is 6.07. The maximum absolute atomic E-state index is 11.6. The Morgan fingerprint density at radius 2 is 2.00 bits per heavy atom. The normalized spacial score (nSPS) is 11.1. The van der Waals surface area contributed by atoms with Gasteiger partial charge in [0.05, 0.1) is 16.2 Å². The highest BCUT2D eigenvalue weighted by Crippen LogP contribution is 2.39. The van der Waals surface area contributed by atoms with Gasteiger partial charge in [0.1, 0.15) is 16.4 Å². The summed E-state index contributed by atoms with van der Waals surface area (Å²) >= 11 is 8.29. The number of nitrogens with zero attached hydrogens (tertiary/aromatic N) is 3. The topological polar surface area (TPSA) is 100 Å². The van der Waals surface area contributed by atoms with E-state index in [9.17, 15) is 14.9 Å². The van der Waals surface area contributed by atoms with Crippen LogP contribution in [-0.4, -0.2) is 26.4 Å². The van der Waals surface area contributed by atoms with Gasteiger partial charge in [-0.1, -0.05) is 0 Å². The third kappa shape index (κ3) is 4.43. The van der Waals surface area contributed by atoms with Crippen molar-refractivity contribution >= 4 is 57.1 Å². The maximum Gasteiger partial charge on any atom is 0.305 e. The number of aryl methyl sites for hydroxylation is 1. The minimum atomic E-state index is -0.434. The minimum Gasteiger partial charge on any atom is -0.466 e. The van der Waals surface area contributed by atoms with Gasteiger partial charge in [-0.3, -0.25) is 14.9 Å². The monoisotopic (exact) mass is 475 g/mol. The molecule has 0 spiro atoms. The molecule has 0 amide bonds. The Hall–Kier alpha value is -2.89. The van der Waals surface area contributed by atoms with Crippen LogP contribution in [0.15, 0.2) is 40.8 Å². The van der Waals surface area contributed by atoms with E-state index in [1.54, 1.807) is 19.1 Å². The van der Waals surface area contributed by atoms with E-state index in [1.807, 2.05) is 16.7 Å². The Morgan fingerprint density at radius 3 is 2.71 bits per heavy atom. The average molecular weight is 476 g/mol. The van der Waals surface area contributed by atoms with E-state index < -0.39 is 4.92 Å². The van der Waals surface area contributed by atoms with Crippen molar-refractivity contribution in [1.29, 1.82) is 0 Å². The van der Waals surface area contributed by atoms with Gasteiger partial charge in [-0.05, 0) is 61.4 Å². The fourth-order valence-corrected chi connectivity index (χ4v) is 5.46. The number of thiazole rings is 1. The molecule has 0 bridgehead atoms. The summed E-state index contributed by atoms with van der Waals surface area (Å²) in [5.41, 5.74) is 1.57. The third-order valence-electron chi connectivity index (χ3n) is 4.56. The fraction of sp³-hybridized carbons (Fsp3) is 0.250. The van der Waals surface area contributed by atoms with Crippen LogP contribution in [0, 0.1) is 14.1 Å². The first-order chi connectivity index (χ1) is 15.0. The van der Waals surface area contributed by atoms with Crippen LogP contribution in [0.4, 0.5) is 5.69 Å². The molecule has 8 nitrogen and oxygen atoms in total. The smallest absolute Gasteiger partial charge is 0.305 e. The number of nitro groups is 1. The molecule has 0 atom stereocenters. The number of hydrogen-bond acceptors (Lipinski definition) is 9. The molecule has 160 valence electrons. The first-order valence-corrected chi connectivity index (χ1v) is 11.5. The zero-order chi connectivity index (χ0) is 22.0. The minimum absolute atomic E-state index is 0.0313. The molecule has 11 heteroatoms. The van der Waals surface area contributed by atoms with Crippen LogP contribution in [0.2, 0.25) is 0 Å². The quantitative estimate of drug-likeness (QED) is 0.132. The van der Waals surface area contributed by atoms with Gasteiger partial charge in [-0.2, -0.15) is 4.37 Å². The molecule has 1 aromatic carbocycles. The number of ether oxygens (including phenoxy) is 1. The van der Waals surface area contributed by atoms with Crippen LogP contribution >= 0.6 is 35.1 Å². The van der Waals surface area contributed by atoms with Crippen molar-refractivity contribution in [3.05, 3.63) is 50.5 Å². The summed E-state index contributed by atoms with van der Waals surface area (Å²) in [5, 5.41) is 10.8. The molecular weight excluding hydrogens is 458 g/mol. The lowest BCUT2D eigenvalue weighted by atomic mass is 10.1. The van der Waals surface area contributed by atoms with Crippen LogP contribution in [0.1, 0.15) is 19.8 Å². The van der Waals surface area contributed by atoms with E-state index in [-0.39, 0.29) is 11.7 Å². The Kier molecular flexibility index (Phi) is 6.25. The standard InChI is InChI=1S/C20H17N3O5S3/c1-2-27-16(24)4-3-11-22-19-18(30-20(22)29)17(31-21-19)15-10-9-14(28-15)12-5-7-13(8-6-12)23(25)26/h5-10H,2-4,11H2,1H3. The lowest BCUT2D eigenvalue weighted by molar-refractivity contribution is -0.384. The van der Waals surface area contributed by atoms with Gasteiger partial charge in [0, 0.05) is 30.7 Å². The van der Waals surface area contributed by atoms with Gasteiger partial charge in [0.25, 0.3) is 5.69 Å². The molecular formula is C20H17N3O5S3. The van der Waals surface area contributed by atoms with Crippen LogP contribution in [-0.2, 0) is 16.1 Å². The van der Waals surface area contributed by atoms with E-state index in [0.29, 0.717) is 41.5 Å². The SMILES string of the molecule is CCOC(=O)CCCn1c(=S)sc2c(-c3ccc(-c4ccc([N+](=O)[O-])cc4)o3)snc21. The van der Waals surface area contributed by atoms with E-state index in [4.69, 9.17) is 21.4 Å². The number of carbonyl (C=O) groups is 1. The zero-order valence-electron chi connectivity index (χ0n) is 16.4. The Balaban J connectivity index is 1.56. The summed E-state index contributed by atoms with van der Waals surface area (Å²) in [5.74, 6) is 1.06. The number of carbonyl (C=O) groups excluding carboxylic acids is 1. The maximum atomic E-state index is 11.6. The second-order valence-corrected chi connectivity index (χ2v) is 8.98. The molecule has 0 aliphatic carbocycles. The number of rotatable bonds is 8. The second-order valence-electron chi connectivity index (χ2n) is 6.56. The Morgan fingerprint density at radius 1 is 1.26 bits per heavy atom. The lowest BCUT2D eigenvalue weighted by Gasteiger charge is -2.03. The molecule has 3 heterocycles. The van der Waals surface area contributed by atoms with Crippen molar-refractivity contribution < 1.29 is 18.9 Å². The van der Waals surface area contributed by atoms with E-state index in [1.165, 1.54) is 35.0 Å². The molecule has 0 radical (unpaired) electrons. The largest absolute Gasteiger partial charge is 0.466 e. The highest BCUT2D eigenvalue weighted by molar-refractivity contribution is 7.73. The summed E-state index contributed by atoms with van der Waals surface area (Å²) in [7, 11) is 0. The molecule has 3 aromatic heterocycles. The number of hydrogen-bond donors (Lipinski definition) is 0. The zero-order valence-corrected chi connectivity index (χ0v) is 18.8. The first kappa shape index (κ1) is 21.3. The number of esters is 1. The van der Waals surface area contributed by atoms with Gasteiger partial charge < -0.3 is 13.7 Å². The molecule has 0 unspecified atom stereocenters. The van der Waals surface area contributed by atoms with Crippen molar-refractivity contribution in [2.75, 3.05) is 6.61 Å². The number of non-ortho nitro benzene ring substituents is 1.